The van der Waals surface area contributed by atoms with Crippen molar-refractivity contribution in [2.45, 2.75) is 94.8 Å². The fourth-order valence-electron chi connectivity index (χ4n) is 8.22. The molecule has 1 unspecified atom stereocenters. The molecule has 4 fully saturated rings. The van der Waals surface area contributed by atoms with Crippen LogP contribution >= 0.6 is 0 Å². The second-order valence-corrected chi connectivity index (χ2v) is 12.0. The molecule has 2 aliphatic carbocycles. The highest BCUT2D eigenvalue weighted by molar-refractivity contribution is 6.41. The molecule has 6 rings (SSSR count). The third kappa shape index (κ3) is 5.23. The third-order valence-electron chi connectivity index (χ3n) is 9.65. The zero-order chi connectivity index (χ0) is 26.9. The zero-order valence-corrected chi connectivity index (χ0v) is 22.8. The van der Waals surface area contributed by atoms with Crippen molar-refractivity contribution in [1.82, 2.24) is 14.5 Å². The van der Waals surface area contributed by atoms with Gasteiger partial charge in [-0.1, -0.05) is 43.0 Å². The molecule has 2 saturated heterocycles. The number of fused-ring (bicyclic) bond motifs is 5. The van der Waals surface area contributed by atoms with Crippen LogP contribution in [0.25, 0.3) is 11.0 Å². The third-order valence-corrected chi connectivity index (χ3v) is 9.65. The van der Waals surface area contributed by atoms with E-state index in [1.165, 1.54) is 64.9 Å². The summed E-state index contributed by atoms with van der Waals surface area (Å²) in [6.45, 7) is 0.343. The highest BCUT2D eigenvalue weighted by Crippen LogP contribution is 2.47. The lowest BCUT2D eigenvalue weighted by molar-refractivity contribution is -0.129. The second kappa shape index (κ2) is 11.4. The van der Waals surface area contributed by atoms with Crippen molar-refractivity contribution in [3.63, 3.8) is 0 Å². The molecular formula is C30H40N4O5. The van der Waals surface area contributed by atoms with Crippen LogP contribution in [0.5, 0.6) is 0 Å². The molecule has 39 heavy (non-hydrogen) atoms. The van der Waals surface area contributed by atoms with Gasteiger partial charge >= 0.3 is 5.97 Å². The van der Waals surface area contributed by atoms with E-state index in [9.17, 15) is 14.7 Å². The van der Waals surface area contributed by atoms with Crippen molar-refractivity contribution in [1.29, 1.82) is 0 Å². The Kier molecular flexibility index (Phi) is 7.71. The molecule has 2 saturated carbocycles. The predicted octanol–water partition coefficient (Wildman–Crippen LogP) is 4.38. The number of aliphatic carboxylic acids is 1. The quantitative estimate of drug-likeness (QED) is 0.303. The van der Waals surface area contributed by atoms with E-state index in [-0.39, 0.29) is 24.9 Å². The summed E-state index contributed by atoms with van der Waals surface area (Å²) in [6, 6.07) is 9.10. The Morgan fingerprint density at radius 3 is 2.33 bits per heavy atom. The van der Waals surface area contributed by atoms with Crippen LogP contribution in [0.15, 0.2) is 34.2 Å². The molecule has 2 aromatic rings. The zero-order valence-electron chi connectivity index (χ0n) is 22.8. The Hall–Kier alpha value is -2.78. The van der Waals surface area contributed by atoms with Crippen LogP contribution in [-0.2, 0) is 14.4 Å². The van der Waals surface area contributed by atoms with Gasteiger partial charge in [0.25, 0.3) is 5.56 Å². The molecular weight excluding hydrogens is 496 g/mol. The number of carboxylic acids is 1. The van der Waals surface area contributed by atoms with Crippen molar-refractivity contribution in [2.24, 2.45) is 17.0 Å². The molecule has 2 aliphatic heterocycles. The van der Waals surface area contributed by atoms with Gasteiger partial charge in [0.2, 0.25) is 5.71 Å². The van der Waals surface area contributed by atoms with Gasteiger partial charge in [-0.15, -0.1) is 0 Å². The van der Waals surface area contributed by atoms with Crippen LogP contribution in [0.1, 0.15) is 82.4 Å². The first kappa shape index (κ1) is 26.4. The Labute approximate surface area is 229 Å². The first-order valence-corrected chi connectivity index (χ1v) is 14.7. The molecule has 6 atom stereocenters. The number of para-hydroxylation sites is 2. The average molecular weight is 537 g/mol. The summed E-state index contributed by atoms with van der Waals surface area (Å²) in [5.41, 5.74) is 0.285. The molecule has 0 amide bonds. The number of ether oxygens (including phenoxy) is 1. The predicted molar refractivity (Wildman–Crippen MR) is 148 cm³/mol. The molecule has 3 heterocycles. The molecule has 1 N–H and O–H groups in total. The van der Waals surface area contributed by atoms with Crippen LogP contribution in [0.4, 0.5) is 0 Å². The van der Waals surface area contributed by atoms with Crippen molar-refractivity contribution in [2.75, 3.05) is 20.3 Å². The van der Waals surface area contributed by atoms with Crippen molar-refractivity contribution in [3.8, 4) is 0 Å². The Morgan fingerprint density at radius 2 is 1.64 bits per heavy atom. The number of aromatic nitrogens is 2. The average Bonchev–Trinajstić information content (AvgIpc) is 2.92. The minimum absolute atomic E-state index is 0.0109. The largest absolute Gasteiger partial charge is 0.476 e. The summed E-state index contributed by atoms with van der Waals surface area (Å²) in [7, 11) is 1.52. The van der Waals surface area contributed by atoms with Gasteiger partial charge in [0.15, 0.2) is 5.69 Å². The maximum absolute atomic E-state index is 14.0. The van der Waals surface area contributed by atoms with Gasteiger partial charge in [0, 0.05) is 31.3 Å². The van der Waals surface area contributed by atoms with E-state index in [4.69, 9.17) is 9.57 Å². The summed E-state index contributed by atoms with van der Waals surface area (Å²) in [6.07, 6.45) is 13.6. The molecule has 1 aromatic carbocycles. The normalized spacial score (nSPS) is 31.3. The van der Waals surface area contributed by atoms with Gasteiger partial charge in [-0.2, -0.15) is 0 Å². The van der Waals surface area contributed by atoms with Gasteiger partial charge in [-0.05, 0) is 68.9 Å². The van der Waals surface area contributed by atoms with Gasteiger partial charge in [-0.25, -0.2) is 9.78 Å². The lowest BCUT2D eigenvalue weighted by Crippen LogP contribution is -2.58. The van der Waals surface area contributed by atoms with E-state index in [2.05, 4.69) is 15.0 Å². The summed E-state index contributed by atoms with van der Waals surface area (Å²) < 4.78 is 6.78. The van der Waals surface area contributed by atoms with E-state index in [0.29, 0.717) is 23.6 Å². The van der Waals surface area contributed by atoms with Gasteiger partial charge < -0.3 is 19.2 Å². The van der Waals surface area contributed by atoms with E-state index in [0.717, 1.165) is 30.2 Å². The first-order valence-electron chi connectivity index (χ1n) is 14.7. The smallest absolute Gasteiger partial charge is 0.360 e. The second-order valence-electron chi connectivity index (χ2n) is 12.0. The van der Waals surface area contributed by atoms with E-state index < -0.39 is 17.2 Å². The maximum atomic E-state index is 14.0. The van der Waals surface area contributed by atoms with Gasteiger partial charge in [-0.3, -0.25) is 9.69 Å². The number of piperidine rings is 2. The molecule has 4 bridgehead atoms. The van der Waals surface area contributed by atoms with Gasteiger partial charge in [0.1, 0.15) is 6.61 Å². The van der Waals surface area contributed by atoms with Crippen molar-refractivity contribution >= 4 is 22.7 Å². The molecule has 4 aliphatic rings. The topological polar surface area (TPSA) is 106 Å². The fraction of sp³-hybridized carbons (Fsp3) is 0.667. The Balaban J connectivity index is 1.34. The number of oxime groups is 1. The Bertz CT molecular complexity index is 1270. The lowest BCUT2D eigenvalue weighted by Gasteiger charge is -2.55. The summed E-state index contributed by atoms with van der Waals surface area (Å²) in [5.74, 6) is 0.429. The van der Waals surface area contributed by atoms with Crippen LogP contribution in [0.3, 0.4) is 0 Å². The van der Waals surface area contributed by atoms with E-state index in [1.54, 1.807) is 0 Å². The van der Waals surface area contributed by atoms with Crippen LogP contribution < -0.4 is 5.56 Å². The highest BCUT2D eigenvalue weighted by atomic mass is 16.6. The summed E-state index contributed by atoms with van der Waals surface area (Å²) >= 11 is 0. The van der Waals surface area contributed by atoms with Crippen molar-refractivity contribution in [3.05, 3.63) is 40.3 Å². The SMILES string of the molecule is COCCO/N=C(\C(=O)O)c1nc2ccccc2n([C@H]2C[C@H]3CCC[C@@H](C2)N3C2C[C@H]3CCC[C@@H](C2)C3)c1=O. The highest BCUT2D eigenvalue weighted by Gasteiger charge is 2.45. The lowest BCUT2D eigenvalue weighted by atomic mass is 9.68. The number of methoxy groups -OCH3 is 1. The molecule has 0 radical (unpaired) electrons. The molecule has 9 nitrogen and oxygen atoms in total. The number of hydrogen-bond acceptors (Lipinski definition) is 7. The van der Waals surface area contributed by atoms with Crippen LogP contribution in [-0.4, -0.2) is 69.7 Å². The number of rotatable bonds is 8. The minimum atomic E-state index is -1.34. The summed E-state index contributed by atoms with van der Waals surface area (Å²) in [5, 5.41) is 13.7. The number of carboxylic acid groups (broad SMARTS) is 1. The molecule has 9 heteroatoms. The van der Waals surface area contributed by atoms with E-state index >= 15 is 0 Å². The number of carbonyl (C=O) groups is 1. The first-order chi connectivity index (χ1) is 19.0. The number of nitrogens with zero attached hydrogens (tertiary/aromatic N) is 4. The fourth-order valence-corrected chi connectivity index (χ4v) is 8.22. The molecule has 0 spiro atoms. The van der Waals surface area contributed by atoms with Gasteiger partial charge in [0.05, 0.1) is 17.6 Å². The maximum Gasteiger partial charge on any atom is 0.360 e. The van der Waals surface area contributed by atoms with Crippen LogP contribution in [0.2, 0.25) is 0 Å². The number of benzene rings is 1. The minimum Gasteiger partial charge on any atom is -0.476 e. The number of hydrogen-bond donors (Lipinski definition) is 1. The standard InChI is InChI=1S/C30H40N4O5/c1-38-12-13-39-32-28(30(36)37)27-29(35)34(26-11-3-2-10-25(26)31-27)24-17-21-8-5-9-22(18-24)33(21)23-15-19-6-4-7-20(14-19)16-23/h2-3,10-11,19-24H,4-9,12-18H2,1H3,(H,36,37)/b32-28-/t19-,20+,21-,22+,23?,24+. The monoisotopic (exact) mass is 536 g/mol. The molecule has 1 aromatic heterocycles. The molecule has 210 valence electrons. The van der Waals surface area contributed by atoms with E-state index in [1.807, 2.05) is 28.8 Å². The Morgan fingerprint density at radius 1 is 0.949 bits per heavy atom. The van der Waals surface area contributed by atoms with Crippen LogP contribution in [0, 0.1) is 11.8 Å². The van der Waals surface area contributed by atoms with Crippen molar-refractivity contribution < 1.29 is 19.5 Å². The summed E-state index contributed by atoms with van der Waals surface area (Å²) in [4.78, 5) is 38.7.